The first-order chi connectivity index (χ1) is 48.3. The van der Waals surface area contributed by atoms with Gasteiger partial charge < -0.3 is 60.0 Å². The summed E-state index contributed by atoms with van der Waals surface area (Å²) in [5.74, 6) is -19.2. The van der Waals surface area contributed by atoms with Crippen molar-refractivity contribution < 1.29 is 88.3 Å². The number of hydrogen-bond acceptors (Lipinski definition) is 12. The van der Waals surface area contributed by atoms with Gasteiger partial charge in [0.25, 0.3) is 5.92 Å². The summed E-state index contributed by atoms with van der Waals surface area (Å²) in [5.41, 5.74) is -4.55. The van der Waals surface area contributed by atoms with Gasteiger partial charge in [0.05, 0.1) is 19.5 Å². The van der Waals surface area contributed by atoms with Crippen LogP contribution in [0.5, 0.6) is 0 Å². The van der Waals surface area contributed by atoms with Gasteiger partial charge in [-0.3, -0.25) is 57.5 Å². The highest BCUT2D eigenvalue weighted by molar-refractivity contribution is 6.01. The van der Waals surface area contributed by atoms with E-state index < -0.39 is 216 Å². The Morgan fingerprint density at radius 1 is 0.641 bits per heavy atom. The summed E-state index contributed by atoms with van der Waals surface area (Å²) in [6, 6.07) is -12.3. The Balaban J connectivity index is 1.19. The summed E-state index contributed by atoms with van der Waals surface area (Å²) < 4.78 is 104. The summed E-state index contributed by atoms with van der Waals surface area (Å²) in [4.78, 5) is 190. The third-order valence-electron chi connectivity index (χ3n) is 22.9. The standard InChI is InChI=1S/C72H105F7N12O12/c1-12-42(4)58-67(101)84(7)43(5)62(96)90-32-27-50(90)65(99)86(9)52(36-44-21-14-13-15-22-44)64(98)83(6)39-55(92)80-49(26-25-45-34-47(73)57(48(74)35-45)72(77,78)79)63(97)91-40-71(75,76)38-54(91)61(95)82-70(28-18-19-29-70)69(103)88(11)59(46-23-16-17-24-46)68(102)87(10)53(66(100)89-30-20-31-89)37-56(93)85(8)51(33-41(2)3)60(94)81-58/h34-35,41-44,46,49-54,58-59H,12-33,36-40H2,1-11H3,(H,80,92)(H,81,94)(H,82,95)/t42-,43-,49-,50-,51-,52-,53-,54-,58-,59-/m0/s1. The lowest BCUT2D eigenvalue weighted by atomic mass is 9.84. The van der Waals surface area contributed by atoms with Crippen molar-refractivity contribution in [1.29, 1.82) is 0 Å². The Hall–Kier alpha value is -7.63. The minimum absolute atomic E-state index is 0.0696. The molecule has 7 fully saturated rings. The topological polar surface area (TPSA) is 270 Å². The van der Waals surface area contributed by atoms with Gasteiger partial charge in [-0.1, -0.05) is 91.9 Å². The average molecular weight is 1460 g/mol. The fourth-order valence-electron chi connectivity index (χ4n) is 16.1. The predicted octanol–water partition coefficient (Wildman–Crippen LogP) is 5.65. The third kappa shape index (κ3) is 18.4. The van der Waals surface area contributed by atoms with Crippen LogP contribution in [0.3, 0.4) is 0 Å². The van der Waals surface area contributed by atoms with Crippen LogP contribution in [0.25, 0.3) is 0 Å². The Labute approximate surface area is 598 Å². The van der Waals surface area contributed by atoms with E-state index in [1.165, 1.54) is 78.6 Å². The van der Waals surface area contributed by atoms with E-state index in [0.717, 1.165) is 29.1 Å². The lowest BCUT2D eigenvalue weighted by Crippen LogP contribution is -2.65. The molecule has 3 aliphatic carbocycles. The lowest BCUT2D eigenvalue weighted by molar-refractivity contribution is -0.160. The van der Waals surface area contributed by atoms with Crippen LogP contribution in [0.2, 0.25) is 0 Å². The number of nitrogens with one attached hydrogen (secondary N) is 3. The number of carbonyl (C=O) groups excluding carboxylic acids is 12. The number of benzene rings is 1. The first-order valence-electron chi connectivity index (χ1n) is 36.7. The second kappa shape index (κ2) is 33.6. The van der Waals surface area contributed by atoms with Crippen LogP contribution in [0, 0.1) is 35.3 Å². The molecule has 574 valence electrons. The number of aryl methyl sites for hydroxylation is 1. The van der Waals surface area contributed by atoms with Crippen molar-refractivity contribution >= 4 is 70.9 Å². The summed E-state index contributed by atoms with van der Waals surface area (Å²) in [5, 5.41) is 8.03. The number of carbonyl (C=O) groups is 12. The smallest absolute Gasteiger partial charge is 0.343 e. The number of amides is 12. The molecule has 10 atom stereocenters. The Kier molecular flexibility index (Phi) is 26.5. The highest BCUT2D eigenvalue weighted by Gasteiger charge is 2.56. The van der Waals surface area contributed by atoms with Crippen LogP contribution in [0.15, 0.2) is 12.1 Å². The minimum Gasteiger partial charge on any atom is -0.343 e. The van der Waals surface area contributed by atoms with E-state index in [9.17, 15) is 51.5 Å². The zero-order valence-corrected chi connectivity index (χ0v) is 61.3. The highest BCUT2D eigenvalue weighted by Crippen LogP contribution is 2.40. The van der Waals surface area contributed by atoms with Gasteiger partial charge in [0.1, 0.15) is 77.1 Å². The second-order valence-electron chi connectivity index (χ2n) is 30.5. The van der Waals surface area contributed by atoms with Gasteiger partial charge in [-0.05, 0) is 112 Å². The first kappa shape index (κ1) is 81.0. The maximum Gasteiger partial charge on any atom is 0.422 e. The number of nitrogens with zero attached hydrogens (tertiary/aromatic N) is 9. The van der Waals surface area contributed by atoms with Crippen LogP contribution >= 0.6 is 0 Å². The van der Waals surface area contributed by atoms with Gasteiger partial charge in [-0.15, -0.1) is 0 Å². The SMILES string of the molecule is CC[C@H](C)[C@@H]1NC(=O)[C@H](CC(C)C)N(C)C(=O)C[C@@H](C(=O)N2CCC2)N(C)C(=O)[C@H](C2CCCC2)N(C)C(=O)C2(CCCC2)NC(=O)[C@@H]2CC(F)(F)CN2C(=O)[C@H](CCc2cc(F)c(C(F)(F)F)c(F)c2)NC(=O)CN(C)C(=O)[C@H](CC2CCCCC2)N(C)C(=O)[C@@H]2CCN2C(=O)[C@H](C)N(C)C1=O. The quantitative estimate of drug-likeness (QED) is 0.227. The summed E-state index contributed by atoms with van der Waals surface area (Å²) in [6.45, 7) is 7.05. The maximum absolute atomic E-state index is 16.1. The molecule has 0 aromatic heterocycles. The second-order valence-corrected chi connectivity index (χ2v) is 30.5. The van der Waals surface area contributed by atoms with E-state index >= 15 is 36.7 Å². The van der Waals surface area contributed by atoms with Crippen LogP contribution in [-0.2, 0) is 70.1 Å². The Morgan fingerprint density at radius 2 is 1.25 bits per heavy atom. The molecule has 4 heterocycles. The zero-order valence-electron chi connectivity index (χ0n) is 61.3. The molecule has 7 aliphatic rings. The summed E-state index contributed by atoms with van der Waals surface area (Å²) >= 11 is 0. The van der Waals surface area contributed by atoms with E-state index in [1.54, 1.807) is 6.92 Å². The molecule has 0 bridgehead atoms. The molecule has 1 aromatic rings. The first-order valence-corrected chi connectivity index (χ1v) is 36.7. The molecule has 0 unspecified atom stereocenters. The van der Waals surface area contributed by atoms with Crippen LogP contribution < -0.4 is 16.0 Å². The molecule has 4 saturated heterocycles. The van der Waals surface area contributed by atoms with E-state index in [4.69, 9.17) is 0 Å². The predicted molar refractivity (Wildman–Crippen MR) is 362 cm³/mol. The Morgan fingerprint density at radius 3 is 1.81 bits per heavy atom. The van der Waals surface area contributed by atoms with Crippen LogP contribution in [-0.4, -0.2) is 256 Å². The number of hydrogen-bond donors (Lipinski definition) is 3. The monoisotopic (exact) mass is 1460 g/mol. The van der Waals surface area contributed by atoms with Crippen molar-refractivity contribution in [3.05, 3.63) is 34.9 Å². The molecule has 8 rings (SSSR count). The van der Waals surface area contributed by atoms with E-state index in [2.05, 4.69) is 16.0 Å². The van der Waals surface area contributed by atoms with Gasteiger partial charge in [0, 0.05) is 68.3 Å². The van der Waals surface area contributed by atoms with Crippen molar-refractivity contribution in [3.63, 3.8) is 0 Å². The van der Waals surface area contributed by atoms with Gasteiger partial charge in [-0.25, -0.2) is 17.6 Å². The molecule has 3 N–H and O–H groups in total. The molecule has 103 heavy (non-hydrogen) atoms. The van der Waals surface area contributed by atoms with Crippen molar-refractivity contribution in [2.45, 2.75) is 248 Å². The summed E-state index contributed by atoms with van der Waals surface area (Å²) in [7, 11) is 8.09. The number of alkyl halides is 5. The van der Waals surface area contributed by atoms with E-state index in [-0.39, 0.29) is 50.5 Å². The average Bonchev–Trinajstić information content (AvgIpc) is 1.74. The highest BCUT2D eigenvalue weighted by atomic mass is 19.4. The summed E-state index contributed by atoms with van der Waals surface area (Å²) in [6.07, 6.45) is -0.885. The van der Waals surface area contributed by atoms with E-state index in [1.807, 2.05) is 20.8 Å². The molecule has 1 spiro atoms. The lowest BCUT2D eigenvalue weighted by Gasteiger charge is -2.45. The molecule has 3 saturated carbocycles. The number of fused-ring (bicyclic) bond motifs is 2. The molecule has 1 aromatic carbocycles. The number of halogens is 7. The number of likely N-dealkylation sites (N-methyl/N-ethyl adjacent to an activating group) is 6. The minimum atomic E-state index is -5.46. The van der Waals surface area contributed by atoms with Crippen molar-refractivity contribution in [1.82, 2.24) is 60.0 Å². The largest absolute Gasteiger partial charge is 0.422 e. The number of rotatable bonds is 11. The van der Waals surface area contributed by atoms with Gasteiger partial charge in [0.15, 0.2) is 0 Å². The zero-order chi connectivity index (χ0) is 76.1. The van der Waals surface area contributed by atoms with Gasteiger partial charge >= 0.3 is 6.18 Å². The molecule has 4 aliphatic heterocycles. The van der Waals surface area contributed by atoms with Crippen molar-refractivity contribution in [3.8, 4) is 0 Å². The molecular formula is C72H105F7N12O12. The molecule has 12 amide bonds. The van der Waals surface area contributed by atoms with Crippen LogP contribution in [0.1, 0.15) is 181 Å². The fourth-order valence-corrected chi connectivity index (χ4v) is 16.1. The normalized spacial score (nSPS) is 28.6. The maximum atomic E-state index is 16.1. The van der Waals surface area contributed by atoms with Crippen LogP contribution in [0.4, 0.5) is 30.7 Å². The van der Waals surface area contributed by atoms with Crippen molar-refractivity contribution in [2.24, 2.45) is 23.7 Å². The van der Waals surface area contributed by atoms with Gasteiger partial charge in [0.2, 0.25) is 70.9 Å². The fraction of sp³-hybridized carbons (Fsp3) is 0.750. The van der Waals surface area contributed by atoms with Crippen molar-refractivity contribution in [2.75, 3.05) is 75.0 Å². The van der Waals surface area contributed by atoms with E-state index in [0.29, 0.717) is 94.3 Å². The molecule has 0 radical (unpaired) electrons. The molecule has 24 nitrogen and oxygen atoms in total. The van der Waals surface area contributed by atoms with Gasteiger partial charge in [-0.2, -0.15) is 13.2 Å². The Bertz CT molecular complexity index is 3320. The molecular weight excluding hydrogens is 1360 g/mol. The molecule has 31 heteroatoms. The third-order valence-corrected chi connectivity index (χ3v) is 22.9. The number of likely N-dealkylation sites (tertiary alicyclic amines) is 1.